The lowest BCUT2D eigenvalue weighted by atomic mass is 10.2. The van der Waals surface area contributed by atoms with E-state index in [4.69, 9.17) is 9.84 Å². The standard InChI is InChI=1S/C15H25NO2/c1-16(2,3)12-6-4-5-7-13-18-15-10-8-14(17)9-11-15/h8-11H,4-7,12-13H2,1-3H3/p+1. The van der Waals surface area contributed by atoms with Gasteiger partial charge < -0.3 is 14.3 Å². The summed E-state index contributed by atoms with van der Waals surface area (Å²) in [6.07, 6.45) is 4.87. The van der Waals surface area contributed by atoms with Crippen molar-refractivity contribution in [1.82, 2.24) is 0 Å². The molecule has 0 heterocycles. The number of hydrogen-bond donors (Lipinski definition) is 1. The predicted octanol–water partition coefficient (Wildman–Crippen LogP) is 3.04. The van der Waals surface area contributed by atoms with E-state index in [1.807, 2.05) is 0 Å². The number of rotatable bonds is 8. The molecule has 0 saturated heterocycles. The number of unbranched alkanes of at least 4 members (excludes halogenated alkanes) is 3. The zero-order valence-corrected chi connectivity index (χ0v) is 11.9. The fraction of sp³-hybridized carbons (Fsp3) is 0.600. The van der Waals surface area contributed by atoms with Gasteiger partial charge in [-0.1, -0.05) is 0 Å². The van der Waals surface area contributed by atoms with Crippen molar-refractivity contribution in [2.75, 3.05) is 34.3 Å². The largest absolute Gasteiger partial charge is 0.508 e. The Morgan fingerprint density at radius 3 is 2.17 bits per heavy atom. The summed E-state index contributed by atoms with van der Waals surface area (Å²) in [6.45, 7) is 1.99. The molecule has 0 aliphatic carbocycles. The SMILES string of the molecule is C[N+](C)(C)CCCCCCOc1ccc(O)cc1. The van der Waals surface area contributed by atoms with Crippen molar-refractivity contribution in [2.24, 2.45) is 0 Å². The lowest BCUT2D eigenvalue weighted by molar-refractivity contribution is -0.870. The van der Waals surface area contributed by atoms with Crippen LogP contribution in [0.3, 0.4) is 0 Å². The van der Waals surface area contributed by atoms with E-state index >= 15 is 0 Å². The third-order valence-corrected chi connectivity index (χ3v) is 2.83. The first kappa shape index (κ1) is 14.8. The molecule has 0 aliphatic rings. The molecule has 0 atom stereocenters. The van der Waals surface area contributed by atoms with E-state index in [0.717, 1.165) is 23.3 Å². The molecule has 1 aromatic carbocycles. The van der Waals surface area contributed by atoms with Gasteiger partial charge in [-0.3, -0.25) is 0 Å². The Morgan fingerprint density at radius 1 is 0.944 bits per heavy atom. The summed E-state index contributed by atoms with van der Waals surface area (Å²) in [6, 6.07) is 6.89. The zero-order valence-electron chi connectivity index (χ0n) is 11.9. The summed E-state index contributed by atoms with van der Waals surface area (Å²) in [5.41, 5.74) is 0. The van der Waals surface area contributed by atoms with Crippen molar-refractivity contribution in [1.29, 1.82) is 0 Å². The maximum Gasteiger partial charge on any atom is 0.119 e. The number of quaternary nitrogens is 1. The molecule has 3 heteroatoms. The van der Waals surface area contributed by atoms with Crippen LogP contribution in [0, 0.1) is 0 Å². The van der Waals surface area contributed by atoms with Gasteiger partial charge in [0.2, 0.25) is 0 Å². The van der Waals surface area contributed by atoms with Crippen molar-refractivity contribution in [3.63, 3.8) is 0 Å². The van der Waals surface area contributed by atoms with Crippen LogP contribution >= 0.6 is 0 Å². The van der Waals surface area contributed by atoms with Gasteiger partial charge in [-0.15, -0.1) is 0 Å². The third kappa shape index (κ3) is 7.17. The number of benzene rings is 1. The molecule has 1 rings (SSSR count). The quantitative estimate of drug-likeness (QED) is 0.569. The molecular weight excluding hydrogens is 226 g/mol. The molecule has 1 aromatic rings. The maximum atomic E-state index is 9.13. The minimum atomic E-state index is 0.280. The Bertz CT molecular complexity index is 327. The Kier molecular flexibility index (Phi) is 5.99. The Hall–Kier alpha value is -1.22. The van der Waals surface area contributed by atoms with Gasteiger partial charge in [0.25, 0.3) is 0 Å². The number of hydrogen-bond acceptors (Lipinski definition) is 2. The lowest BCUT2D eigenvalue weighted by Crippen LogP contribution is -2.35. The Balaban J connectivity index is 2.00. The van der Waals surface area contributed by atoms with Crippen LogP contribution in [0.2, 0.25) is 0 Å². The minimum Gasteiger partial charge on any atom is -0.508 e. The Morgan fingerprint density at radius 2 is 1.56 bits per heavy atom. The highest BCUT2D eigenvalue weighted by atomic mass is 16.5. The average Bonchev–Trinajstić information content (AvgIpc) is 2.29. The van der Waals surface area contributed by atoms with Gasteiger partial charge in [0.05, 0.1) is 34.3 Å². The van der Waals surface area contributed by atoms with E-state index < -0.39 is 0 Å². The molecule has 0 fully saturated rings. The molecule has 0 radical (unpaired) electrons. The van der Waals surface area contributed by atoms with E-state index in [1.54, 1.807) is 24.3 Å². The number of phenols is 1. The first-order valence-electron chi connectivity index (χ1n) is 6.70. The first-order valence-corrected chi connectivity index (χ1v) is 6.70. The molecule has 0 spiro atoms. The summed E-state index contributed by atoms with van der Waals surface area (Å²) < 4.78 is 6.64. The maximum absolute atomic E-state index is 9.13. The second-order valence-electron chi connectivity index (χ2n) is 5.77. The zero-order chi connectivity index (χ0) is 13.4. The normalized spacial score (nSPS) is 11.5. The summed E-state index contributed by atoms with van der Waals surface area (Å²) in [5, 5.41) is 9.13. The molecule has 0 aromatic heterocycles. The van der Waals surface area contributed by atoms with E-state index in [2.05, 4.69) is 21.1 Å². The van der Waals surface area contributed by atoms with Crippen LogP contribution in [0.5, 0.6) is 11.5 Å². The van der Waals surface area contributed by atoms with Crippen LogP contribution < -0.4 is 4.74 Å². The number of phenolic OH excluding ortho intramolecular Hbond substituents is 1. The van der Waals surface area contributed by atoms with Gasteiger partial charge in [0, 0.05) is 0 Å². The van der Waals surface area contributed by atoms with Gasteiger partial charge >= 0.3 is 0 Å². The Labute approximate surface area is 111 Å². The molecule has 3 nitrogen and oxygen atoms in total. The highest BCUT2D eigenvalue weighted by molar-refractivity contribution is 5.29. The smallest absolute Gasteiger partial charge is 0.119 e. The molecule has 0 unspecified atom stereocenters. The average molecular weight is 252 g/mol. The van der Waals surface area contributed by atoms with Gasteiger partial charge in [0.1, 0.15) is 11.5 Å². The number of aromatic hydroxyl groups is 1. The molecule has 102 valence electrons. The fourth-order valence-electron chi connectivity index (χ4n) is 1.77. The van der Waals surface area contributed by atoms with Gasteiger partial charge in [-0.2, -0.15) is 0 Å². The summed E-state index contributed by atoms with van der Waals surface area (Å²) >= 11 is 0. The van der Waals surface area contributed by atoms with Gasteiger partial charge in [-0.25, -0.2) is 0 Å². The first-order chi connectivity index (χ1) is 8.47. The van der Waals surface area contributed by atoms with Crippen molar-refractivity contribution < 1.29 is 14.3 Å². The van der Waals surface area contributed by atoms with Crippen molar-refractivity contribution in [3.8, 4) is 11.5 Å². The van der Waals surface area contributed by atoms with Gasteiger partial charge in [0.15, 0.2) is 0 Å². The summed E-state index contributed by atoms with van der Waals surface area (Å²) in [5.74, 6) is 1.11. The summed E-state index contributed by atoms with van der Waals surface area (Å²) in [4.78, 5) is 0. The van der Waals surface area contributed by atoms with Crippen LogP contribution in [0.25, 0.3) is 0 Å². The lowest BCUT2D eigenvalue weighted by Gasteiger charge is -2.23. The van der Waals surface area contributed by atoms with Crippen LogP contribution in [0.15, 0.2) is 24.3 Å². The second-order valence-corrected chi connectivity index (χ2v) is 5.77. The molecule has 0 bridgehead atoms. The highest BCUT2D eigenvalue weighted by Gasteiger charge is 2.05. The molecule has 18 heavy (non-hydrogen) atoms. The topological polar surface area (TPSA) is 29.5 Å². The van der Waals surface area contributed by atoms with Crippen molar-refractivity contribution in [3.05, 3.63) is 24.3 Å². The van der Waals surface area contributed by atoms with E-state index in [0.29, 0.717) is 0 Å². The van der Waals surface area contributed by atoms with E-state index in [1.165, 1.54) is 25.8 Å². The number of ether oxygens (including phenoxy) is 1. The highest BCUT2D eigenvalue weighted by Crippen LogP contribution is 2.16. The molecule has 0 aliphatic heterocycles. The molecule has 0 saturated carbocycles. The van der Waals surface area contributed by atoms with Crippen LogP contribution in [0.4, 0.5) is 0 Å². The van der Waals surface area contributed by atoms with E-state index in [-0.39, 0.29) is 5.75 Å². The second kappa shape index (κ2) is 7.27. The monoisotopic (exact) mass is 252 g/mol. The predicted molar refractivity (Wildman–Crippen MR) is 75.0 cm³/mol. The summed E-state index contributed by atoms with van der Waals surface area (Å²) in [7, 11) is 6.69. The fourth-order valence-corrected chi connectivity index (χ4v) is 1.77. The van der Waals surface area contributed by atoms with Crippen LogP contribution in [-0.4, -0.2) is 43.9 Å². The minimum absolute atomic E-state index is 0.280. The van der Waals surface area contributed by atoms with Crippen molar-refractivity contribution >= 4 is 0 Å². The van der Waals surface area contributed by atoms with Crippen LogP contribution in [0.1, 0.15) is 25.7 Å². The van der Waals surface area contributed by atoms with E-state index in [9.17, 15) is 0 Å². The van der Waals surface area contributed by atoms with Crippen LogP contribution in [-0.2, 0) is 0 Å². The van der Waals surface area contributed by atoms with Crippen molar-refractivity contribution in [2.45, 2.75) is 25.7 Å². The third-order valence-electron chi connectivity index (χ3n) is 2.83. The molecule has 1 N–H and O–H groups in total. The van der Waals surface area contributed by atoms with Gasteiger partial charge in [-0.05, 0) is 49.9 Å². The number of nitrogens with zero attached hydrogens (tertiary/aromatic N) is 1. The molecule has 0 amide bonds. The molecular formula is C15H26NO2+.